The number of piperazine rings is 1. The van der Waals surface area contributed by atoms with E-state index in [4.69, 9.17) is 10.8 Å². The van der Waals surface area contributed by atoms with Crippen molar-refractivity contribution in [2.75, 3.05) is 36.8 Å². The Labute approximate surface area is 112 Å². The van der Waals surface area contributed by atoms with E-state index in [9.17, 15) is 4.79 Å². The molecule has 104 valence electrons. The normalized spacial score (nSPS) is 18.3. The Morgan fingerprint density at radius 1 is 1.47 bits per heavy atom. The number of carboxylic acids is 1. The number of carbonyl (C=O) groups is 1. The molecule has 6 heteroatoms. The van der Waals surface area contributed by atoms with Crippen LogP contribution in [0.3, 0.4) is 0 Å². The lowest BCUT2D eigenvalue weighted by molar-refractivity contribution is -0.143. The summed E-state index contributed by atoms with van der Waals surface area (Å²) in [7, 11) is 0. The van der Waals surface area contributed by atoms with E-state index in [-0.39, 0.29) is 6.04 Å². The summed E-state index contributed by atoms with van der Waals surface area (Å²) < 4.78 is 0. The number of carboxylic acid groups (broad SMARTS) is 1. The molecule has 2 rings (SSSR count). The minimum atomic E-state index is -0.737. The summed E-state index contributed by atoms with van der Waals surface area (Å²) in [5.41, 5.74) is 7.56. The first-order valence-corrected chi connectivity index (χ1v) is 6.54. The first kappa shape index (κ1) is 13.6. The molecule has 1 aromatic heterocycles. The zero-order valence-electron chi connectivity index (χ0n) is 11.1. The van der Waals surface area contributed by atoms with E-state index in [0.717, 1.165) is 31.9 Å². The van der Waals surface area contributed by atoms with Gasteiger partial charge in [0, 0.05) is 32.4 Å². The molecule has 1 atom stereocenters. The van der Waals surface area contributed by atoms with Gasteiger partial charge in [0.25, 0.3) is 0 Å². The van der Waals surface area contributed by atoms with Gasteiger partial charge in [-0.2, -0.15) is 0 Å². The fourth-order valence-electron chi connectivity index (χ4n) is 2.55. The van der Waals surface area contributed by atoms with Crippen molar-refractivity contribution >= 4 is 17.3 Å². The minimum absolute atomic E-state index is 0.378. The van der Waals surface area contributed by atoms with Crippen molar-refractivity contribution in [1.29, 1.82) is 0 Å². The zero-order valence-corrected chi connectivity index (χ0v) is 11.1. The molecule has 1 unspecified atom stereocenters. The number of nitrogens with zero attached hydrogens (tertiary/aromatic N) is 3. The van der Waals surface area contributed by atoms with Crippen molar-refractivity contribution < 1.29 is 9.90 Å². The summed E-state index contributed by atoms with van der Waals surface area (Å²) in [6, 6.07) is 1.52. The Morgan fingerprint density at radius 2 is 2.16 bits per heavy atom. The van der Waals surface area contributed by atoms with Gasteiger partial charge in [0.15, 0.2) is 0 Å². The lowest BCUT2D eigenvalue weighted by Crippen LogP contribution is -2.52. The molecular weight excluding hydrogens is 244 g/mol. The molecule has 1 aliphatic rings. The SMILES string of the molecule is CCC(C(=O)O)N1CCN(c2ccncc2N)CC1. The number of anilines is 2. The second-order valence-electron chi connectivity index (χ2n) is 4.72. The lowest BCUT2D eigenvalue weighted by atomic mass is 10.1. The molecule has 0 aliphatic carbocycles. The van der Waals surface area contributed by atoms with E-state index < -0.39 is 5.97 Å². The number of aromatic nitrogens is 1. The first-order valence-electron chi connectivity index (χ1n) is 6.54. The number of hydrogen-bond acceptors (Lipinski definition) is 5. The monoisotopic (exact) mass is 264 g/mol. The third kappa shape index (κ3) is 2.96. The molecule has 3 N–H and O–H groups in total. The van der Waals surface area contributed by atoms with Crippen molar-refractivity contribution in [1.82, 2.24) is 9.88 Å². The van der Waals surface area contributed by atoms with Crippen molar-refractivity contribution in [2.45, 2.75) is 19.4 Å². The Hall–Kier alpha value is -1.82. The van der Waals surface area contributed by atoms with E-state index in [1.807, 2.05) is 17.9 Å². The highest BCUT2D eigenvalue weighted by atomic mass is 16.4. The molecule has 0 amide bonds. The van der Waals surface area contributed by atoms with Crippen molar-refractivity contribution in [3.63, 3.8) is 0 Å². The molecule has 1 aliphatic heterocycles. The van der Waals surface area contributed by atoms with E-state index in [0.29, 0.717) is 12.1 Å². The molecule has 0 spiro atoms. The Morgan fingerprint density at radius 3 is 2.68 bits per heavy atom. The predicted molar refractivity (Wildman–Crippen MR) is 74.2 cm³/mol. The summed E-state index contributed by atoms with van der Waals surface area (Å²) in [6.07, 6.45) is 4.00. The van der Waals surface area contributed by atoms with Crippen LogP contribution in [0.5, 0.6) is 0 Å². The Bertz CT molecular complexity index is 444. The van der Waals surface area contributed by atoms with Crippen LogP contribution in [-0.4, -0.2) is 53.2 Å². The average Bonchev–Trinajstić information content (AvgIpc) is 2.41. The number of aliphatic carboxylic acids is 1. The van der Waals surface area contributed by atoms with Crippen LogP contribution < -0.4 is 10.6 Å². The minimum Gasteiger partial charge on any atom is -0.480 e. The topological polar surface area (TPSA) is 82.7 Å². The number of rotatable bonds is 4. The molecule has 6 nitrogen and oxygen atoms in total. The first-order chi connectivity index (χ1) is 9.13. The van der Waals surface area contributed by atoms with Gasteiger partial charge in [0.2, 0.25) is 0 Å². The molecular formula is C13H20N4O2. The lowest BCUT2D eigenvalue weighted by Gasteiger charge is -2.38. The van der Waals surface area contributed by atoms with Gasteiger partial charge in [-0.25, -0.2) is 0 Å². The van der Waals surface area contributed by atoms with Gasteiger partial charge in [0.05, 0.1) is 17.6 Å². The summed E-state index contributed by atoms with van der Waals surface area (Å²) in [5, 5.41) is 9.17. The van der Waals surface area contributed by atoms with E-state index in [1.165, 1.54) is 0 Å². The quantitative estimate of drug-likeness (QED) is 0.831. The number of pyridine rings is 1. The summed E-state index contributed by atoms with van der Waals surface area (Å²) in [6.45, 7) is 4.97. The zero-order chi connectivity index (χ0) is 13.8. The molecule has 0 radical (unpaired) electrons. The van der Waals surface area contributed by atoms with Crippen molar-refractivity contribution in [3.8, 4) is 0 Å². The van der Waals surface area contributed by atoms with Crippen LogP contribution in [0.2, 0.25) is 0 Å². The van der Waals surface area contributed by atoms with Crippen LogP contribution in [0.1, 0.15) is 13.3 Å². The molecule has 1 fully saturated rings. The standard InChI is InChI=1S/C13H20N4O2/c1-2-11(13(18)19)16-5-7-17(8-6-16)12-3-4-15-9-10(12)14/h3-4,9,11H,2,5-8,14H2,1H3,(H,18,19). The third-order valence-electron chi connectivity index (χ3n) is 3.60. The van der Waals surface area contributed by atoms with Crippen molar-refractivity contribution in [2.24, 2.45) is 0 Å². The van der Waals surface area contributed by atoms with Gasteiger partial charge in [-0.3, -0.25) is 14.7 Å². The number of nitrogen functional groups attached to an aromatic ring is 1. The second kappa shape index (κ2) is 5.88. The second-order valence-corrected chi connectivity index (χ2v) is 4.72. The van der Waals surface area contributed by atoms with Crippen LogP contribution in [0.25, 0.3) is 0 Å². The largest absolute Gasteiger partial charge is 0.480 e. The maximum atomic E-state index is 11.2. The fourth-order valence-corrected chi connectivity index (χ4v) is 2.55. The van der Waals surface area contributed by atoms with Gasteiger partial charge in [0.1, 0.15) is 6.04 Å². The molecule has 0 aromatic carbocycles. The van der Waals surface area contributed by atoms with Crippen LogP contribution in [-0.2, 0) is 4.79 Å². The highest BCUT2D eigenvalue weighted by Gasteiger charge is 2.27. The number of nitrogens with two attached hydrogens (primary N) is 1. The highest BCUT2D eigenvalue weighted by Crippen LogP contribution is 2.23. The van der Waals surface area contributed by atoms with Gasteiger partial charge < -0.3 is 15.7 Å². The molecule has 0 bridgehead atoms. The Balaban J connectivity index is 2.00. The fraction of sp³-hybridized carbons (Fsp3) is 0.538. The molecule has 1 aromatic rings. The van der Waals surface area contributed by atoms with Gasteiger partial charge in [-0.15, -0.1) is 0 Å². The smallest absolute Gasteiger partial charge is 0.320 e. The van der Waals surface area contributed by atoms with Crippen LogP contribution in [0, 0.1) is 0 Å². The van der Waals surface area contributed by atoms with Crippen molar-refractivity contribution in [3.05, 3.63) is 18.5 Å². The number of hydrogen-bond donors (Lipinski definition) is 2. The van der Waals surface area contributed by atoms with Crippen LogP contribution in [0.15, 0.2) is 18.5 Å². The van der Waals surface area contributed by atoms with E-state index in [2.05, 4.69) is 9.88 Å². The maximum Gasteiger partial charge on any atom is 0.320 e. The molecule has 2 heterocycles. The van der Waals surface area contributed by atoms with Gasteiger partial charge in [-0.05, 0) is 12.5 Å². The summed E-state index contributed by atoms with van der Waals surface area (Å²) in [4.78, 5) is 19.3. The third-order valence-corrected chi connectivity index (χ3v) is 3.60. The molecule has 0 saturated carbocycles. The van der Waals surface area contributed by atoms with Gasteiger partial charge in [-0.1, -0.05) is 6.92 Å². The molecule has 1 saturated heterocycles. The van der Waals surface area contributed by atoms with Crippen LogP contribution >= 0.6 is 0 Å². The summed E-state index contributed by atoms with van der Waals surface area (Å²) >= 11 is 0. The Kier molecular flexibility index (Phi) is 4.21. The van der Waals surface area contributed by atoms with Crippen LogP contribution in [0.4, 0.5) is 11.4 Å². The van der Waals surface area contributed by atoms with Gasteiger partial charge >= 0.3 is 5.97 Å². The average molecular weight is 264 g/mol. The molecule has 19 heavy (non-hydrogen) atoms. The summed E-state index contributed by atoms with van der Waals surface area (Å²) in [5.74, 6) is -0.737. The predicted octanol–water partition coefficient (Wildman–Crippen LogP) is 0.649. The maximum absolute atomic E-state index is 11.2. The highest BCUT2D eigenvalue weighted by molar-refractivity contribution is 5.73. The van der Waals surface area contributed by atoms with E-state index >= 15 is 0 Å². The van der Waals surface area contributed by atoms with E-state index in [1.54, 1.807) is 12.4 Å².